The van der Waals surface area contributed by atoms with Crippen LogP contribution >= 0.6 is 0 Å². The van der Waals surface area contributed by atoms with Gasteiger partial charge in [0.2, 0.25) is 0 Å². The van der Waals surface area contributed by atoms with E-state index in [0.29, 0.717) is 22.8 Å². The van der Waals surface area contributed by atoms with Crippen LogP contribution < -0.4 is 15.0 Å². The van der Waals surface area contributed by atoms with Crippen LogP contribution in [0.2, 0.25) is 0 Å². The van der Waals surface area contributed by atoms with Crippen molar-refractivity contribution in [2.24, 2.45) is 0 Å². The Balaban J connectivity index is 1.89. The third-order valence-corrected chi connectivity index (χ3v) is 4.30. The van der Waals surface area contributed by atoms with Crippen LogP contribution in [0.5, 0.6) is 5.75 Å². The van der Waals surface area contributed by atoms with Gasteiger partial charge in [-0.05, 0) is 43.3 Å². The van der Waals surface area contributed by atoms with Crippen LogP contribution in [0.1, 0.15) is 28.0 Å². The number of nitrogens with one attached hydrogen (secondary N) is 1. The highest BCUT2D eigenvalue weighted by Gasteiger charge is 2.36. The number of nitrogens with zero attached hydrogens (tertiary/aromatic N) is 1. The van der Waals surface area contributed by atoms with Crippen molar-refractivity contribution in [3.05, 3.63) is 77.7 Å². The summed E-state index contributed by atoms with van der Waals surface area (Å²) in [6.45, 7) is 1.88. The van der Waals surface area contributed by atoms with Gasteiger partial charge in [0, 0.05) is 5.69 Å². The number of carbonyl (C=O) groups is 1. The van der Waals surface area contributed by atoms with Crippen molar-refractivity contribution in [1.82, 2.24) is 0 Å². The number of carbonyl (C=O) groups excluding carboxylic acids is 1. The molecule has 3 aromatic rings. The van der Waals surface area contributed by atoms with Crippen molar-refractivity contribution in [2.75, 3.05) is 17.3 Å². The summed E-state index contributed by atoms with van der Waals surface area (Å²) < 4.78 is 11.3. The van der Waals surface area contributed by atoms with Crippen LogP contribution in [0.15, 0.2) is 65.1 Å². The molecule has 0 aliphatic carbocycles. The van der Waals surface area contributed by atoms with Crippen LogP contribution in [-0.2, 0) is 0 Å². The molecule has 1 aliphatic heterocycles. The number of ether oxygens (including phenoxy) is 1. The highest BCUT2D eigenvalue weighted by atomic mass is 16.5. The van der Waals surface area contributed by atoms with E-state index in [-0.39, 0.29) is 5.91 Å². The Kier molecular flexibility index (Phi) is 3.69. The summed E-state index contributed by atoms with van der Waals surface area (Å²) in [5.74, 6) is 2.00. The number of benzene rings is 2. The average Bonchev–Trinajstić information content (AvgIpc) is 3.08. The van der Waals surface area contributed by atoms with E-state index in [0.717, 1.165) is 11.4 Å². The van der Waals surface area contributed by atoms with Crippen LogP contribution in [-0.4, -0.2) is 13.0 Å². The Morgan fingerprint density at radius 2 is 1.80 bits per heavy atom. The van der Waals surface area contributed by atoms with Crippen molar-refractivity contribution in [1.29, 1.82) is 0 Å². The molecule has 1 amide bonds. The quantitative estimate of drug-likeness (QED) is 0.773. The summed E-state index contributed by atoms with van der Waals surface area (Å²) in [4.78, 5) is 14.9. The smallest absolute Gasteiger partial charge is 0.262 e. The summed E-state index contributed by atoms with van der Waals surface area (Å²) in [7, 11) is 1.60. The number of hydrogen-bond acceptors (Lipinski definition) is 4. The molecule has 1 aliphatic rings. The van der Waals surface area contributed by atoms with Gasteiger partial charge in [0.05, 0.1) is 18.4 Å². The zero-order chi connectivity index (χ0) is 17.4. The normalized spacial score (nSPS) is 16.3. The van der Waals surface area contributed by atoms with Gasteiger partial charge in [-0.15, -0.1) is 0 Å². The van der Waals surface area contributed by atoms with Crippen molar-refractivity contribution >= 4 is 17.3 Å². The Labute approximate surface area is 145 Å². The molecule has 0 spiro atoms. The second-order valence-corrected chi connectivity index (χ2v) is 5.89. The Morgan fingerprint density at radius 1 is 1.04 bits per heavy atom. The van der Waals surface area contributed by atoms with Gasteiger partial charge < -0.3 is 14.5 Å². The average molecular weight is 334 g/mol. The van der Waals surface area contributed by atoms with Gasteiger partial charge in [-0.25, -0.2) is 0 Å². The number of anilines is 2. The van der Waals surface area contributed by atoms with Crippen molar-refractivity contribution in [3.63, 3.8) is 0 Å². The minimum Gasteiger partial charge on any atom is -0.495 e. The molecule has 1 aromatic heterocycles. The van der Waals surface area contributed by atoms with Crippen LogP contribution in [0, 0.1) is 6.92 Å². The van der Waals surface area contributed by atoms with Crippen LogP contribution in [0.4, 0.5) is 11.4 Å². The molecular formula is C20H18N2O3. The maximum absolute atomic E-state index is 13.3. The number of rotatable bonds is 3. The summed E-state index contributed by atoms with van der Waals surface area (Å²) >= 11 is 0. The lowest BCUT2D eigenvalue weighted by atomic mass is 10.1. The molecule has 5 nitrogen and oxygen atoms in total. The fourth-order valence-corrected chi connectivity index (χ4v) is 3.13. The molecule has 5 heteroatoms. The summed E-state index contributed by atoms with van der Waals surface area (Å²) in [5.41, 5.74) is 2.10. The lowest BCUT2D eigenvalue weighted by Gasteiger charge is -2.37. The first-order valence-corrected chi connectivity index (χ1v) is 8.07. The molecule has 0 saturated carbocycles. The maximum Gasteiger partial charge on any atom is 0.262 e. The fourth-order valence-electron chi connectivity index (χ4n) is 3.13. The van der Waals surface area contributed by atoms with Gasteiger partial charge >= 0.3 is 0 Å². The van der Waals surface area contributed by atoms with E-state index >= 15 is 0 Å². The van der Waals surface area contributed by atoms with Gasteiger partial charge in [0.15, 0.2) is 6.17 Å². The highest BCUT2D eigenvalue weighted by Crippen LogP contribution is 2.40. The minimum atomic E-state index is -0.451. The van der Waals surface area contributed by atoms with E-state index in [1.165, 1.54) is 0 Å². The molecule has 0 saturated heterocycles. The molecule has 4 rings (SSSR count). The Hall–Kier alpha value is -3.21. The summed E-state index contributed by atoms with van der Waals surface area (Å²) in [6.07, 6.45) is -0.451. The molecule has 25 heavy (non-hydrogen) atoms. The standard InChI is InChI=1S/C20H18N2O3/c1-13-11-12-18(25-13)19-21-15-8-4-3-7-14(15)20(23)22(19)16-9-5-6-10-17(16)24-2/h3-12,19,21H,1-2H3/t19-/m1/s1. The molecular weight excluding hydrogens is 316 g/mol. The second-order valence-electron chi connectivity index (χ2n) is 5.89. The number of methoxy groups -OCH3 is 1. The zero-order valence-corrected chi connectivity index (χ0v) is 14.0. The number of furan rings is 1. The van der Waals surface area contributed by atoms with Crippen molar-refractivity contribution < 1.29 is 13.9 Å². The number of hydrogen-bond donors (Lipinski definition) is 1. The first kappa shape index (κ1) is 15.3. The Morgan fingerprint density at radius 3 is 2.56 bits per heavy atom. The lowest BCUT2D eigenvalue weighted by Crippen LogP contribution is -2.43. The number of amides is 1. The van der Waals surface area contributed by atoms with Crippen molar-refractivity contribution in [2.45, 2.75) is 13.1 Å². The van der Waals surface area contributed by atoms with Gasteiger partial charge in [-0.3, -0.25) is 9.69 Å². The zero-order valence-electron chi connectivity index (χ0n) is 14.0. The molecule has 0 unspecified atom stereocenters. The first-order valence-electron chi connectivity index (χ1n) is 8.07. The summed E-state index contributed by atoms with van der Waals surface area (Å²) in [5, 5.41) is 3.41. The molecule has 2 aromatic carbocycles. The van der Waals surface area contributed by atoms with E-state index in [2.05, 4.69) is 5.32 Å². The SMILES string of the molecule is COc1ccccc1N1C(=O)c2ccccc2N[C@H]1c1ccc(C)o1. The number of para-hydroxylation sites is 3. The van der Waals surface area contributed by atoms with Crippen molar-refractivity contribution in [3.8, 4) is 5.75 Å². The molecule has 1 atom stereocenters. The van der Waals surface area contributed by atoms with E-state index in [9.17, 15) is 4.79 Å². The monoisotopic (exact) mass is 334 g/mol. The van der Waals surface area contributed by atoms with E-state index in [4.69, 9.17) is 9.15 Å². The molecule has 2 heterocycles. The van der Waals surface area contributed by atoms with E-state index in [1.54, 1.807) is 12.0 Å². The maximum atomic E-state index is 13.3. The first-order chi connectivity index (χ1) is 12.2. The van der Waals surface area contributed by atoms with Gasteiger partial charge in [0.25, 0.3) is 5.91 Å². The van der Waals surface area contributed by atoms with Gasteiger partial charge in [0.1, 0.15) is 17.3 Å². The molecule has 0 radical (unpaired) electrons. The van der Waals surface area contributed by atoms with Gasteiger partial charge in [-0.1, -0.05) is 24.3 Å². The topological polar surface area (TPSA) is 54.7 Å². The minimum absolute atomic E-state index is 0.0992. The second kappa shape index (κ2) is 6.02. The number of aryl methyl sites for hydroxylation is 1. The fraction of sp³-hybridized carbons (Fsp3) is 0.150. The predicted octanol–water partition coefficient (Wildman–Crippen LogP) is 4.37. The Bertz CT molecular complexity index is 932. The third-order valence-electron chi connectivity index (χ3n) is 4.30. The number of fused-ring (bicyclic) bond motifs is 1. The molecule has 0 bridgehead atoms. The van der Waals surface area contributed by atoms with Crippen LogP contribution in [0.25, 0.3) is 0 Å². The molecule has 126 valence electrons. The van der Waals surface area contributed by atoms with E-state index < -0.39 is 6.17 Å². The highest BCUT2D eigenvalue weighted by molar-refractivity contribution is 6.12. The summed E-state index contributed by atoms with van der Waals surface area (Å²) in [6, 6.07) is 18.7. The third kappa shape index (κ3) is 2.54. The van der Waals surface area contributed by atoms with Gasteiger partial charge in [-0.2, -0.15) is 0 Å². The lowest BCUT2D eigenvalue weighted by molar-refractivity contribution is 0.0971. The van der Waals surface area contributed by atoms with E-state index in [1.807, 2.05) is 67.6 Å². The predicted molar refractivity (Wildman–Crippen MR) is 96.1 cm³/mol. The van der Waals surface area contributed by atoms with Crippen LogP contribution in [0.3, 0.4) is 0 Å². The molecule has 0 fully saturated rings. The molecule has 1 N–H and O–H groups in total. The largest absolute Gasteiger partial charge is 0.495 e.